The van der Waals surface area contributed by atoms with Crippen LogP contribution in [0.15, 0.2) is 59.1 Å². The van der Waals surface area contributed by atoms with E-state index in [0.29, 0.717) is 40.5 Å². The normalized spacial score (nSPS) is 21.3. The van der Waals surface area contributed by atoms with E-state index in [9.17, 15) is 14.4 Å². The van der Waals surface area contributed by atoms with Crippen molar-refractivity contribution in [3.8, 4) is 0 Å². The first-order chi connectivity index (χ1) is 16.7. The SMILES string of the molecule is CCOC(=O)C1=C(N)N(c2cc(Cl)ccc2C)C2=C(C(=O)CCC2)C12C(=O)Nc1ccc(C)cc12. The Morgan fingerprint density at radius 2 is 1.94 bits per heavy atom. The number of nitrogens with zero attached hydrogens (tertiary/aromatic N) is 1. The predicted octanol–water partition coefficient (Wildman–Crippen LogP) is 4.41. The Morgan fingerprint density at radius 3 is 2.69 bits per heavy atom. The van der Waals surface area contributed by atoms with Crippen LogP contribution in [0.25, 0.3) is 0 Å². The molecular weight excluding hydrogens is 466 g/mol. The highest BCUT2D eigenvalue weighted by molar-refractivity contribution is 6.31. The summed E-state index contributed by atoms with van der Waals surface area (Å²) in [6.07, 6.45) is 1.39. The zero-order valence-electron chi connectivity index (χ0n) is 19.8. The number of amides is 1. The lowest BCUT2D eigenvalue weighted by Gasteiger charge is -2.44. The number of hydrogen-bond donors (Lipinski definition) is 2. The van der Waals surface area contributed by atoms with Gasteiger partial charge in [0.05, 0.1) is 12.3 Å². The van der Waals surface area contributed by atoms with E-state index in [0.717, 1.165) is 11.1 Å². The summed E-state index contributed by atoms with van der Waals surface area (Å²) in [5.41, 5.74) is 9.45. The Morgan fingerprint density at radius 1 is 1.17 bits per heavy atom. The molecule has 2 aromatic rings. The zero-order chi connectivity index (χ0) is 25.1. The number of fused-ring (bicyclic) bond motifs is 3. The quantitative estimate of drug-likeness (QED) is 0.617. The first kappa shape index (κ1) is 23.2. The molecule has 0 fully saturated rings. The molecule has 1 aliphatic carbocycles. The smallest absolute Gasteiger partial charge is 0.339 e. The molecular formula is C27H26ClN3O4. The minimum Gasteiger partial charge on any atom is -0.462 e. The fourth-order valence-electron chi connectivity index (χ4n) is 5.52. The molecule has 3 N–H and O–H groups in total. The van der Waals surface area contributed by atoms with Crippen molar-refractivity contribution in [3.05, 3.63) is 80.8 Å². The first-order valence-electron chi connectivity index (χ1n) is 11.6. The van der Waals surface area contributed by atoms with Crippen molar-refractivity contribution in [1.29, 1.82) is 0 Å². The molecule has 2 aromatic carbocycles. The van der Waals surface area contributed by atoms with Gasteiger partial charge in [-0.1, -0.05) is 35.4 Å². The summed E-state index contributed by atoms with van der Waals surface area (Å²) in [5.74, 6) is -1.33. The van der Waals surface area contributed by atoms with Gasteiger partial charge in [-0.15, -0.1) is 0 Å². The Kier molecular flexibility index (Phi) is 5.48. The molecule has 2 heterocycles. The molecule has 0 saturated heterocycles. The van der Waals surface area contributed by atoms with Crippen LogP contribution in [0, 0.1) is 13.8 Å². The molecule has 5 rings (SSSR count). The van der Waals surface area contributed by atoms with Crippen molar-refractivity contribution >= 4 is 40.6 Å². The van der Waals surface area contributed by atoms with Crippen LogP contribution in [0.3, 0.4) is 0 Å². The fraction of sp³-hybridized carbons (Fsp3) is 0.296. The van der Waals surface area contributed by atoms with Crippen molar-refractivity contribution in [2.45, 2.75) is 45.4 Å². The summed E-state index contributed by atoms with van der Waals surface area (Å²) in [6, 6.07) is 10.9. The number of ether oxygens (including phenoxy) is 1. The second-order valence-electron chi connectivity index (χ2n) is 9.10. The van der Waals surface area contributed by atoms with Gasteiger partial charge in [-0.3, -0.25) is 14.5 Å². The number of carbonyl (C=O) groups excluding carboxylic acids is 3. The number of halogens is 1. The van der Waals surface area contributed by atoms with Crippen LogP contribution in [-0.4, -0.2) is 24.3 Å². The number of carbonyl (C=O) groups is 3. The topological polar surface area (TPSA) is 102 Å². The summed E-state index contributed by atoms with van der Waals surface area (Å²) < 4.78 is 5.44. The minimum atomic E-state index is -1.69. The van der Waals surface area contributed by atoms with Crippen molar-refractivity contribution in [2.24, 2.45) is 5.73 Å². The molecule has 0 aromatic heterocycles. The van der Waals surface area contributed by atoms with Gasteiger partial charge in [-0.05, 0) is 57.4 Å². The van der Waals surface area contributed by atoms with Gasteiger partial charge in [0, 0.05) is 34.0 Å². The van der Waals surface area contributed by atoms with Gasteiger partial charge >= 0.3 is 5.97 Å². The van der Waals surface area contributed by atoms with Crippen LogP contribution in [0.5, 0.6) is 0 Å². The van der Waals surface area contributed by atoms with E-state index in [2.05, 4.69) is 5.32 Å². The molecule has 2 aliphatic heterocycles. The number of Topliss-reactive ketones (excluding diaryl/α,β-unsaturated/α-hetero) is 1. The lowest BCUT2D eigenvalue weighted by Crippen LogP contribution is -2.53. The van der Waals surface area contributed by atoms with E-state index >= 15 is 0 Å². The number of anilines is 2. The van der Waals surface area contributed by atoms with Crippen molar-refractivity contribution in [1.82, 2.24) is 0 Å². The molecule has 35 heavy (non-hydrogen) atoms. The summed E-state index contributed by atoms with van der Waals surface area (Å²) in [5, 5.41) is 3.39. The number of rotatable bonds is 3. The Balaban J connectivity index is 1.93. The molecule has 8 heteroatoms. The molecule has 180 valence electrons. The molecule has 0 radical (unpaired) electrons. The number of benzene rings is 2. The van der Waals surface area contributed by atoms with Gasteiger partial charge in [-0.2, -0.15) is 0 Å². The van der Waals surface area contributed by atoms with Crippen molar-refractivity contribution < 1.29 is 19.1 Å². The third-order valence-corrected chi connectivity index (χ3v) is 7.20. The van der Waals surface area contributed by atoms with E-state index in [1.807, 2.05) is 32.0 Å². The van der Waals surface area contributed by atoms with Gasteiger partial charge in [0.25, 0.3) is 0 Å². The first-order valence-corrected chi connectivity index (χ1v) is 12.0. The number of ketones is 1. The second-order valence-corrected chi connectivity index (χ2v) is 9.53. The minimum absolute atomic E-state index is 0.0467. The summed E-state index contributed by atoms with van der Waals surface area (Å²) in [7, 11) is 0. The summed E-state index contributed by atoms with van der Waals surface area (Å²) >= 11 is 6.34. The van der Waals surface area contributed by atoms with E-state index in [1.165, 1.54) is 0 Å². The molecule has 0 saturated carbocycles. The molecule has 1 spiro atoms. The number of nitrogens with one attached hydrogen (secondary N) is 1. The lowest BCUT2D eigenvalue weighted by atomic mass is 9.63. The highest BCUT2D eigenvalue weighted by Crippen LogP contribution is 2.56. The van der Waals surface area contributed by atoms with Crippen LogP contribution in [0.1, 0.15) is 42.9 Å². The Labute approximate surface area is 208 Å². The highest BCUT2D eigenvalue weighted by atomic mass is 35.5. The molecule has 1 atom stereocenters. The largest absolute Gasteiger partial charge is 0.462 e. The van der Waals surface area contributed by atoms with Gasteiger partial charge in [-0.25, -0.2) is 4.79 Å². The average Bonchev–Trinajstić information content (AvgIpc) is 3.08. The highest BCUT2D eigenvalue weighted by Gasteiger charge is 2.62. The number of aryl methyl sites for hydroxylation is 2. The van der Waals surface area contributed by atoms with Crippen LogP contribution in [0.2, 0.25) is 5.02 Å². The van der Waals surface area contributed by atoms with E-state index in [1.54, 1.807) is 30.0 Å². The Hall–Kier alpha value is -3.58. The molecule has 0 bridgehead atoms. The standard InChI is InChI=1S/C27H26ClN3O4/c1-4-35-25(33)23-24(29)31(20-13-16(28)10-9-15(20)3)19-6-5-7-21(32)22(19)27(23)17-12-14(2)8-11-18(17)30-26(27)34/h8-13H,4-7,29H2,1-3H3,(H,30,34). The maximum atomic E-state index is 13.9. The fourth-order valence-corrected chi connectivity index (χ4v) is 5.69. The molecule has 3 aliphatic rings. The van der Waals surface area contributed by atoms with Crippen LogP contribution in [-0.2, 0) is 24.5 Å². The monoisotopic (exact) mass is 491 g/mol. The zero-order valence-corrected chi connectivity index (χ0v) is 20.6. The van der Waals surface area contributed by atoms with Crippen molar-refractivity contribution in [3.63, 3.8) is 0 Å². The van der Waals surface area contributed by atoms with E-state index in [4.69, 9.17) is 22.1 Å². The Bertz CT molecular complexity index is 1380. The average molecular weight is 492 g/mol. The molecule has 1 unspecified atom stereocenters. The third kappa shape index (κ3) is 3.22. The number of allylic oxidation sites excluding steroid dienone is 1. The van der Waals surface area contributed by atoms with Gasteiger partial charge in [0.15, 0.2) is 5.78 Å². The number of esters is 1. The second kappa shape index (κ2) is 8.27. The van der Waals surface area contributed by atoms with Crippen LogP contribution in [0.4, 0.5) is 11.4 Å². The van der Waals surface area contributed by atoms with E-state index in [-0.39, 0.29) is 35.8 Å². The lowest BCUT2D eigenvalue weighted by molar-refractivity contribution is -0.140. The summed E-state index contributed by atoms with van der Waals surface area (Å²) in [4.78, 5) is 42.9. The maximum absolute atomic E-state index is 13.9. The summed E-state index contributed by atoms with van der Waals surface area (Å²) in [6.45, 7) is 5.58. The van der Waals surface area contributed by atoms with Crippen LogP contribution < -0.4 is 16.0 Å². The van der Waals surface area contributed by atoms with Gasteiger partial charge < -0.3 is 15.8 Å². The number of hydrogen-bond acceptors (Lipinski definition) is 6. The van der Waals surface area contributed by atoms with Crippen LogP contribution >= 0.6 is 11.6 Å². The van der Waals surface area contributed by atoms with E-state index < -0.39 is 17.3 Å². The maximum Gasteiger partial charge on any atom is 0.339 e. The van der Waals surface area contributed by atoms with Gasteiger partial charge in [0.1, 0.15) is 16.8 Å². The predicted molar refractivity (Wildman–Crippen MR) is 134 cm³/mol. The number of nitrogens with two attached hydrogens (primary N) is 1. The molecule has 7 nitrogen and oxygen atoms in total. The third-order valence-electron chi connectivity index (χ3n) is 6.96. The van der Waals surface area contributed by atoms with Gasteiger partial charge in [0.2, 0.25) is 5.91 Å². The molecule has 1 amide bonds. The van der Waals surface area contributed by atoms with Crippen molar-refractivity contribution in [2.75, 3.05) is 16.8 Å².